The zero-order valence-corrected chi connectivity index (χ0v) is 32.2. The van der Waals surface area contributed by atoms with E-state index >= 15 is 0 Å². The Kier molecular flexibility index (Phi) is 8.50. The number of halogens is 6. The minimum absolute atomic E-state index is 0.133. The molecule has 0 N–H and O–H groups in total. The monoisotopic (exact) mass is 801 g/mol. The summed E-state index contributed by atoms with van der Waals surface area (Å²) in [6.45, 7) is 4.04. The van der Waals surface area contributed by atoms with Gasteiger partial charge in [-0.05, 0) is 102 Å². The number of rotatable bonds is 5. The Labute approximate surface area is 340 Å². The second-order valence-corrected chi connectivity index (χ2v) is 15.3. The van der Waals surface area contributed by atoms with Crippen molar-refractivity contribution in [2.45, 2.75) is 26.2 Å². The number of pyridine rings is 1. The van der Waals surface area contributed by atoms with E-state index in [9.17, 15) is 26.3 Å². The molecule has 3 heterocycles. The Balaban J connectivity index is 1.32. The predicted molar refractivity (Wildman–Crippen MR) is 229 cm³/mol. The summed E-state index contributed by atoms with van der Waals surface area (Å²) in [6.07, 6.45) is -10.1. The molecule has 0 radical (unpaired) electrons. The number of benzene rings is 7. The molecule has 3 aromatic heterocycles. The Morgan fingerprint density at radius 1 is 0.350 bits per heavy atom. The van der Waals surface area contributed by atoms with Gasteiger partial charge in [0.1, 0.15) is 11.6 Å². The molecule has 3 nitrogen and oxygen atoms in total. The lowest BCUT2D eigenvalue weighted by Gasteiger charge is -2.17. The lowest BCUT2D eigenvalue weighted by Crippen LogP contribution is -2.11. The molecule has 0 bridgehead atoms. The predicted octanol–water partition coefficient (Wildman–Crippen LogP) is 14.9. The van der Waals surface area contributed by atoms with E-state index in [2.05, 4.69) is 24.3 Å². The van der Waals surface area contributed by atoms with Crippen LogP contribution in [0.5, 0.6) is 0 Å². The molecule has 7 aromatic carbocycles. The fourth-order valence-electron chi connectivity index (χ4n) is 8.46. The van der Waals surface area contributed by atoms with Crippen molar-refractivity contribution in [1.29, 1.82) is 0 Å². The summed E-state index contributed by atoms with van der Waals surface area (Å²) in [5.74, 6) is 0.642. The number of para-hydroxylation sites is 2. The van der Waals surface area contributed by atoms with Crippen LogP contribution in [0.15, 0.2) is 164 Å². The second kappa shape index (κ2) is 13.7. The van der Waals surface area contributed by atoms with Crippen molar-refractivity contribution in [1.82, 2.24) is 14.1 Å². The topological polar surface area (TPSA) is 22.8 Å². The molecule has 0 aliphatic carbocycles. The molecule has 294 valence electrons. The summed E-state index contributed by atoms with van der Waals surface area (Å²) in [4.78, 5) is 5.30. The van der Waals surface area contributed by atoms with Gasteiger partial charge in [-0.3, -0.25) is 9.13 Å². The first-order chi connectivity index (χ1) is 28.8. The summed E-state index contributed by atoms with van der Waals surface area (Å²) in [7, 11) is 0. The molecule has 0 unspecified atom stereocenters. The van der Waals surface area contributed by atoms with Crippen LogP contribution >= 0.6 is 0 Å². The molecule has 60 heavy (non-hydrogen) atoms. The summed E-state index contributed by atoms with van der Waals surface area (Å²) in [5, 5.41) is 3.65. The standard InChI is InChI=1S/C51H33F6N3/c1-30-9-7-11-32(21-30)34-17-19-42-40-13-3-5-15-44(40)59(46(42)25-34)48-27-37(36-23-38(50(52,53)54)29-39(24-36)51(55,56)57)28-49(58-48)60-45-16-6-4-14-41(45)43-20-18-35(26-47(43)60)33-12-8-10-31(2)22-33/h3-29H,1-2H3. The van der Waals surface area contributed by atoms with Gasteiger partial charge in [-0.25, -0.2) is 4.98 Å². The number of hydrogen-bond donors (Lipinski definition) is 0. The van der Waals surface area contributed by atoms with Gasteiger partial charge in [0.15, 0.2) is 0 Å². The molecule has 0 saturated heterocycles. The Morgan fingerprint density at radius 2 is 0.750 bits per heavy atom. The first-order valence-electron chi connectivity index (χ1n) is 19.3. The highest BCUT2D eigenvalue weighted by molar-refractivity contribution is 6.11. The van der Waals surface area contributed by atoms with Crippen LogP contribution in [0.1, 0.15) is 22.3 Å². The Hall–Kier alpha value is -7.13. The van der Waals surface area contributed by atoms with Crippen molar-refractivity contribution in [2.75, 3.05) is 0 Å². The smallest absolute Gasteiger partial charge is 0.294 e. The zero-order valence-electron chi connectivity index (χ0n) is 32.2. The molecule has 0 aliphatic rings. The zero-order chi connectivity index (χ0) is 41.5. The van der Waals surface area contributed by atoms with E-state index in [1.54, 1.807) is 12.1 Å². The molecule has 0 fully saturated rings. The largest absolute Gasteiger partial charge is 0.416 e. The molecule has 0 amide bonds. The normalized spacial score (nSPS) is 12.3. The maximum atomic E-state index is 14.4. The van der Waals surface area contributed by atoms with Crippen LogP contribution in [0.25, 0.3) is 88.6 Å². The van der Waals surface area contributed by atoms with Crippen molar-refractivity contribution in [3.8, 4) is 45.0 Å². The highest BCUT2D eigenvalue weighted by Crippen LogP contribution is 2.42. The van der Waals surface area contributed by atoms with Gasteiger partial charge in [-0.15, -0.1) is 0 Å². The first kappa shape index (κ1) is 37.2. The minimum atomic E-state index is -5.03. The van der Waals surface area contributed by atoms with Crippen molar-refractivity contribution in [2.24, 2.45) is 0 Å². The molecular formula is C51H33F6N3. The van der Waals surface area contributed by atoms with E-state index in [1.165, 1.54) is 0 Å². The molecule has 0 atom stereocenters. The van der Waals surface area contributed by atoms with Crippen LogP contribution in [0, 0.1) is 13.8 Å². The van der Waals surface area contributed by atoms with Crippen molar-refractivity contribution in [3.05, 3.63) is 186 Å². The summed E-state index contributed by atoms with van der Waals surface area (Å²) in [6, 6.07) is 48.9. The lowest BCUT2D eigenvalue weighted by atomic mass is 9.99. The van der Waals surface area contributed by atoms with Gasteiger partial charge in [0.2, 0.25) is 0 Å². The average molecular weight is 802 g/mol. The second-order valence-electron chi connectivity index (χ2n) is 15.3. The van der Waals surface area contributed by atoms with Crippen LogP contribution in [0.4, 0.5) is 26.3 Å². The van der Waals surface area contributed by atoms with Crippen LogP contribution in [-0.2, 0) is 12.4 Å². The fraction of sp³-hybridized carbons (Fsp3) is 0.0784. The quantitative estimate of drug-likeness (QED) is 0.159. The minimum Gasteiger partial charge on any atom is -0.294 e. The third-order valence-electron chi connectivity index (χ3n) is 11.2. The number of aryl methyl sites for hydroxylation is 2. The molecule has 0 aliphatic heterocycles. The third-order valence-corrected chi connectivity index (χ3v) is 11.2. The summed E-state index contributed by atoms with van der Waals surface area (Å²) < 4.78 is 90.1. The van der Waals surface area contributed by atoms with E-state index < -0.39 is 23.5 Å². The van der Waals surface area contributed by atoms with Gasteiger partial charge in [0.25, 0.3) is 0 Å². The summed E-state index contributed by atoms with van der Waals surface area (Å²) >= 11 is 0. The van der Waals surface area contributed by atoms with Gasteiger partial charge < -0.3 is 0 Å². The Morgan fingerprint density at radius 3 is 1.18 bits per heavy atom. The molecule has 10 rings (SSSR count). The van der Waals surface area contributed by atoms with E-state index in [4.69, 9.17) is 4.98 Å². The van der Waals surface area contributed by atoms with Crippen LogP contribution in [0.2, 0.25) is 0 Å². The highest BCUT2D eigenvalue weighted by Gasteiger charge is 2.37. The van der Waals surface area contributed by atoms with Crippen molar-refractivity contribution in [3.63, 3.8) is 0 Å². The fourth-order valence-corrected chi connectivity index (χ4v) is 8.46. The number of alkyl halides is 6. The van der Waals surface area contributed by atoms with Crippen LogP contribution < -0.4 is 0 Å². The van der Waals surface area contributed by atoms with E-state index in [-0.39, 0.29) is 17.2 Å². The number of fused-ring (bicyclic) bond motifs is 6. The van der Waals surface area contributed by atoms with Gasteiger partial charge in [0, 0.05) is 21.5 Å². The highest BCUT2D eigenvalue weighted by atomic mass is 19.4. The third kappa shape index (κ3) is 6.38. The molecule has 9 heteroatoms. The van der Waals surface area contributed by atoms with E-state index in [1.807, 2.05) is 132 Å². The van der Waals surface area contributed by atoms with E-state index in [0.717, 1.165) is 89.1 Å². The maximum Gasteiger partial charge on any atom is 0.416 e. The van der Waals surface area contributed by atoms with Crippen LogP contribution in [0.3, 0.4) is 0 Å². The van der Waals surface area contributed by atoms with Gasteiger partial charge in [0.05, 0.1) is 33.2 Å². The van der Waals surface area contributed by atoms with Crippen molar-refractivity contribution < 1.29 is 26.3 Å². The SMILES string of the molecule is Cc1cccc(-c2ccc3c4ccccc4n(-c4cc(-c5cc(C(F)(F)F)cc(C(F)(F)F)c5)cc(-n5c6ccccc6c6ccc(-c7cccc(C)c7)cc65)n4)c3c2)c1. The van der Waals surface area contributed by atoms with Crippen LogP contribution in [-0.4, -0.2) is 14.1 Å². The number of hydrogen-bond acceptors (Lipinski definition) is 1. The average Bonchev–Trinajstić information content (AvgIpc) is 3.75. The van der Waals surface area contributed by atoms with Gasteiger partial charge >= 0.3 is 12.4 Å². The molecular weight excluding hydrogens is 769 g/mol. The lowest BCUT2D eigenvalue weighted by molar-refractivity contribution is -0.143. The molecule has 0 saturated carbocycles. The Bertz CT molecular complexity index is 3120. The van der Waals surface area contributed by atoms with E-state index in [0.29, 0.717) is 11.6 Å². The van der Waals surface area contributed by atoms with Gasteiger partial charge in [-0.1, -0.05) is 120 Å². The number of aromatic nitrogens is 3. The van der Waals surface area contributed by atoms with Crippen molar-refractivity contribution >= 4 is 43.6 Å². The van der Waals surface area contributed by atoms with Gasteiger partial charge in [-0.2, -0.15) is 26.3 Å². The number of nitrogens with zero attached hydrogens (tertiary/aromatic N) is 3. The summed E-state index contributed by atoms with van der Waals surface area (Å²) in [5.41, 5.74) is 6.22. The molecule has 0 spiro atoms. The first-order valence-corrected chi connectivity index (χ1v) is 19.3. The molecule has 10 aromatic rings. The maximum absolute atomic E-state index is 14.4.